The lowest BCUT2D eigenvalue weighted by molar-refractivity contribution is -0.120. The molecule has 1 aromatic carbocycles. The molecule has 0 aliphatic carbocycles. The molecule has 0 radical (unpaired) electrons. The van der Waals surface area contributed by atoms with Crippen LogP contribution in [0.15, 0.2) is 18.2 Å². The number of anilines is 1. The van der Waals surface area contributed by atoms with Crippen LogP contribution in [0.5, 0.6) is 11.5 Å². The molecule has 0 heterocycles. The van der Waals surface area contributed by atoms with Crippen LogP contribution in [0.1, 0.15) is 6.42 Å². The summed E-state index contributed by atoms with van der Waals surface area (Å²) in [6.07, 6.45) is 0.414. The number of amides is 1. The smallest absolute Gasteiger partial charge is 0.221 e. The number of carbonyl (C=O) groups excluding carboxylic acids is 1. The van der Waals surface area contributed by atoms with Gasteiger partial charge in [-0.05, 0) is 12.1 Å². The summed E-state index contributed by atoms with van der Waals surface area (Å²) in [7, 11) is 4.83. The van der Waals surface area contributed by atoms with E-state index in [0.29, 0.717) is 13.0 Å². The van der Waals surface area contributed by atoms with Gasteiger partial charge >= 0.3 is 0 Å². The number of methoxy groups -OCH3 is 2. The van der Waals surface area contributed by atoms with Crippen molar-refractivity contribution in [3.8, 4) is 11.5 Å². The molecule has 0 bridgehead atoms. The van der Waals surface area contributed by atoms with Crippen molar-refractivity contribution in [2.75, 3.05) is 33.1 Å². The Morgan fingerprint density at radius 1 is 1.29 bits per heavy atom. The molecule has 0 saturated carbocycles. The van der Waals surface area contributed by atoms with Gasteiger partial charge in [-0.3, -0.25) is 4.79 Å². The van der Waals surface area contributed by atoms with Crippen LogP contribution in [0.25, 0.3) is 0 Å². The fourth-order valence-corrected chi connectivity index (χ4v) is 1.39. The summed E-state index contributed by atoms with van der Waals surface area (Å²) in [6, 6.07) is 5.48. The Bertz CT molecular complexity index is 380. The molecule has 94 valence electrons. The van der Waals surface area contributed by atoms with E-state index in [4.69, 9.17) is 9.47 Å². The first-order chi connectivity index (χ1) is 8.21. The number of carbonyl (C=O) groups is 1. The zero-order chi connectivity index (χ0) is 12.7. The SMILES string of the molecule is CNC(=O)CCNc1cc(OC)ccc1OC. The molecule has 0 spiro atoms. The summed E-state index contributed by atoms with van der Waals surface area (Å²) in [4.78, 5) is 11.1. The van der Waals surface area contributed by atoms with E-state index in [9.17, 15) is 4.79 Å². The number of benzene rings is 1. The summed E-state index contributed by atoms with van der Waals surface area (Å²) in [6.45, 7) is 0.545. The second-order valence-corrected chi connectivity index (χ2v) is 3.42. The molecule has 0 unspecified atom stereocenters. The zero-order valence-electron chi connectivity index (χ0n) is 10.4. The van der Waals surface area contributed by atoms with Gasteiger partial charge < -0.3 is 20.1 Å². The average Bonchev–Trinajstić information content (AvgIpc) is 2.38. The Morgan fingerprint density at radius 2 is 2.06 bits per heavy atom. The highest BCUT2D eigenvalue weighted by molar-refractivity contribution is 5.76. The van der Waals surface area contributed by atoms with Gasteiger partial charge in [0.2, 0.25) is 5.91 Å². The fourth-order valence-electron chi connectivity index (χ4n) is 1.39. The molecule has 5 nitrogen and oxygen atoms in total. The quantitative estimate of drug-likeness (QED) is 0.783. The topological polar surface area (TPSA) is 59.6 Å². The van der Waals surface area contributed by atoms with Gasteiger partial charge in [0.05, 0.1) is 19.9 Å². The van der Waals surface area contributed by atoms with Crippen LogP contribution < -0.4 is 20.1 Å². The molecule has 1 aromatic rings. The number of rotatable bonds is 6. The number of ether oxygens (including phenoxy) is 2. The number of nitrogens with one attached hydrogen (secondary N) is 2. The first-order valence-electron chi connectivity index (χ1n) is 5.37. The molecule has 0 aromatic heterocycles. The Morgan fingerprint density at radius 3 is 2.65 bits per heavy atom. The molecule has 17 heavy (non-hydrogen) atoms. The molecule has 0 atom stereocenters. The standard InChI is InChI=1S/C12H18N2O3/c1-13-12(15)6-7-14-10-8-9(16-2)4-5-11(10)17-3/h4-5,8,14H,6-7H2,1-3H3,(H,13,15). The van der Waals surface area contributed by atoms with E-state index < -0.39 is 0 Å². The molecule has 0 aliphatic rings. The third-order valence-electron chi connectivity index (χ3n) is 2.35. The second-order valence-electron chi connectivity index (χ2n) is 3.42. The predicted molar refractivity (Wildman–Crippen MR) is 66.7 cm³/mol. The lowest BCUT2D eigenvalue weighted by Gasteiger charge is -2.12. The molecule has 2 N–H and O–H groups in total. The summed E-state index contributed by atoms with van der Waals surface area (Å²) >= 11 is 0. The monoisotopic (exact) mass is 238 g/mol. The molecule has 1 amide bonds. The third kappa shape index (κ3) is 3.86. The van der Waals surface area contributed by atoms with Crippen molar-refractivity contribution in [1.82, 2.24) is 5.32 Å². The van der Waals surface area contributed by atoms with E-state index in [2.05, 4.69) is 10.6 Å². The minimum Gasteiger partial charge on any atom is -0.497 e. The summed E-state index contributed by atoms with van der Waals surface area (Å²) < 4.78 is 10.3. The number of hydrogen-bond acceptors (Lipinski definition) is 4. The van der Waals surface area contributed by atoms with Crippen molar-refractivity contribution < 1.29 is 14.3 Å². The molecular weight excluding hydrogens is 220 g/mol. The zero-order valence-corrected chi connectivity index (χ0v) is 10.4. The summed E-state index contributed by atoms with van der Waals surface area (Å²) in [5.74, 6) is 1.47. The maximum atomic E-state index is 11.1. The van der Waals surface area contributed by atoms with Crippen molar-refractivity contribution >= 4 is 11.6 Å². The van der Waals surface area contributed by atoms with Gasteiger partial charge in [0.25, 0.3) is 0 Å². The van der Waals surface area contributed by atoms with Gasteiger partial charge in [0.1, 0.15) is 11.5 Å². The minimum absolute atomic E-state index is 0.000590. The van der Waals surface area contributed by atoms with Crippen molar-refractivity contribution in [3.63, 3.8) is 0 Å². The van der Waals surface area contributed by atoms with Crippen molar-refractivity contribution in [2.45, 2.75) is 6.42 Å². The van der Waals surface area contributed by atoms with Crippen molar-refractivity contribution in [2.24, 2.45) is 0 Å². The van der Waals surface area contributed by atoms with Crippen LogP contribution in [-0.2, 0) is 4.79 Å². The first kappa shape index (κ1) is 13.2. The average molecular weight is 238 g/mol. The third-order valence-corrected chi connectivity index (χ3v) is 2.35. The first-order valence-corrected chi connectivity index (χ1v) is 5.37. The van der Waals surface area contributed by atoms with Gasteiger partial charge in [0.15, 0.2) is 0 Å². The highest BCUT2D eigenvalue weighted by atomic mass is 16.5. The van der Waals surface area contributed by atoms with E-state index in [1.54, 1.807) is 21.3 Å². The molecule has 1 rings (SSSR count). The predicted octanol–water partition coefficient (Wildman–Crippen LogP) is 1.25. The maximum absolute atomic E-state index is 11.1. The van der Waals surface area contributed by atoms with E-state index in [0.717, 1.165) is 17.2 Å². The second kappa shape index (κ2) is 6.62. The normalized spacial score (nSPS) is 9.59. The Hall–Kier alpha value is -1.91. The van der Waals surface area contributed by atoms with E-state index in [-0.39, 0.29) is 5.91 Å². The van der Waals surface area contributed by atoms with Crippen LogP contribution in [0.4, 0.5) is 5.69 Å². The summed E-state index contributed by atoms with van der Waals surface area (Å²) in [5, 5.41) is 5.71. The molecule has 5 heteroatoms. The van der Waals surface area contributed by atoms with Crippen LogP contribution in [-0.4, -0.2) is 33.7 Å². The van der Waals surface area contributed by atoms with E-state index >= 15 is 0 Å². The van der Waals surface area contributed by atoms with Crippen LogP contribution in [0.3, 0.4) is 0 Å². The van der Waals surface area contributed by atoms with E-state index in [1.165, 1.54) is 0 Å². The Balaban J connectivity index is 2.64. The van der Waals surface area contributed by atoms with Gasteiger partial charge in [-0.15, -0.1) is 0 Å². The van der Waals surface area contributed by atoms with E-state index in [1.807, 2.05) is 18.2 Å². The fraction of sp³-hybridized carbons (Fsp3) is 0.417. The van der Waals surface area contributed by atoms with Gasteiger partial charge in [-0.2, -0.15) is 0 Å². The molecule has 0 aliphatic heterocycles. The van der Waals surface area contributed by atoms with Crippen LogP contribution in [0, 0.1) is 0 Å². The Labute approximate surface area is 101 Å². The van der Waals surface area contributed by atoms with Crippen molar-refractivity contribution in [1.29, 1.82) is 0 Å². The van der Waals surface area contributed by atoms with Gasteiger partial charge in [-0.25, -0.2) is 0 Å². The molecular formula is C12H18N2O3. The highest BCUT2D eigenvalue weighted by Gasteiger charge is 2.05. The van der Waals surface area contributed by atoms with Gasteiger partial charge in [0, 0.05) is 26.1 Å². The summed E-state index contributed by atoms with van der Waals surface area (Å²) in [5.41, 5.74) is 0.816. The minimum atomic E-state index is -0.000590. The van der Waals surface area contributed by atoms with Crippen LogP contribution >= 0.6 is 0 Å². The molecule has 0 fully saturated rings. The molecule has 0 saturated heterocycles. The lowest BCUT2D eigenvalue weighted by atomic mass is 10.2. The van der Waals surface area contributed by atoms with Crippen molar-refractivity contribution in [3.05, 3.63) is 18.2 Å². The Kier molecular flexibility index (Phi) is 5.13. The van der Waals surface area contributed by atoms with Crippen LogP contribution in [0.2, 0.25) is 0 Å². The lowest BCUT2D eigenvalue weighted by Crippen LogP contribution is -2.20. The number of hydrogen-bond donors (Lipinski definition) is 2. The van der Waals surface area contributed by atoms with Gasteiger partial charge in [-0.1, -0.05) is 0 Å². The maximum Gasteiger partial charge on any atom is 0.221 e. The highest BCUT2D eigenvalue weighted by Crippen LogP contribution is 2.28. The largest absolute Gasteiger partial charge is 0.497 e.